The topological polar surface area (TPSA) is 46.2 Å². The molecule has 1 aromatic carbocycles. The first kappa shape index (κ1) is 14.6. The molecule has 1 unspecified atom stereocenters. The van der Waals surface area contributed by atoms with Gasteiger partial charge in [0, 0.05) is 18.5 Å². The van der Waals surface area contributed by atoms with Crippen LogP contribution < -0.4 is 5.32 Å². The lowest BCUT2D eigenvalue weighted by Crippen LogP contribution is -2.59. The summed E-state index contributed by atoms with van der Waals surface area (Å²) in [7, 11) is -2.85. The molecule has 3 rings (SSSR count). The average Bonchev–Trinajstić information content (AvgIpc) is 2.70. The number of benzene rings is 1. The van der Waals surface area contributed by atoms with Crippen LogP contribution in [0.2, 0.25) is 10.0 Å². The van der Waals surface area contributed by atoms with Crippen LogP contribution in [0.5, 0.6) is 0 Å². The van der Waals surface area contributed by atoms with Gasteiger partial charge in [0.05, 0.1) is 21.6 Å². The van der Waals surface area contributed by atoms with Crippen LogP contribution in [0.15, 0.2) is 18.2 Å². The Hall–Kier alpha value is -0.290. The van der Waals surface area contributed by atoms with Crippen molar-refractivity contribution in [2.75, 3.05) is 24.6 Å². The Labute approximate surface area is 129 Å². The maximum atomic E-state index is 11.7. The van der Waals surface area contributed by atoms with E-state index in [4.69, 9.17) is 23.2 Å². The predicted molar refractivity (Wildman–Crippen MR) is 82.2 cm³/mol. The van der Waals surface area contributed by atoms with Gasteiger partial charge in [0.2, 0.25) is 0 Å². The molecule has 0 spiro atoms. The van der Waals surface area contributed by atoms with Crippen molar-refractivity contribution in [3.63, 3.8) is 0 Å². The third kappa shape index (κ3) is 2.59. The highest BCUT2D eigenvalue weighted by molar-refractivity contribution is 7.91. The van der Waals surface area contributed by atoms with Gasteiger partial charge in [-0.25, -0.2) is 8.42 Å². The van der Waals surface area contributed by atoms with E-state index in [1.54, 1.807) is 6.07 Å². The molecule has 2 aliphatic rings. The Morgan fingerprint density at radius 1 is 1.30 bits per heavy atom. The molecule has 1 aromatic rings. The molecule has 0 aliphatic carbocycles. The first-order chi connectivity index (χ1) is 9.42. The fourth-order valence-corrected chi connectivity index (χ4v) is 5.68. The summed E-state index contributed by atoms with van der Waals surface area (Å²) in [5.74, 6) is 0.860. The van der Waals surface area contributed by atoms with Crippen molar-refractivity contribution in [1.82, 2.24) is 5.32 Å². The number of sulfone groups is 1. The van der Waals surface area contributed by atoms with E-state index in [-0.39, 0.29) is 11.3 Å². The van der Waals surface area contributed by atoms with Gasteiger partial charge in [0.15, 0.2) is 9.84 Å². The van der Waals surface area contributed by atoms with Gasteiger partial charge >= 0.3 is 0 Å². The monoisotopic (exact) mass is 333 g/mol. The average molecular weight is 334 g/mol. The van der Waals surface area contributed by atoms with Crippen LogP contribution in [0, 0.1) is 11.3 Å². The van der Waals surface area contributed by atoms with Gasteiger partial charge in [-0.1, -0.05) is 35.3 Å². The minimum Gasteiger partial charge on any atom is -0.315 e. The largest absolute Gasteiger partial charge is 0.315 e. The van der Waals surface area contributed by atoms with Gasteiger partial charge in [-0.3, -0.25) is 0 Å². The van der Waals surface area contributed by atoms with Crippen LogP contribution >= 0.6 is 23.2 Å². The Balaban J connectivity index is 1.85. The summed E-state index contributed by atoms with van der Waals surface area (Å²) in [6.07, 6.45) is 1.56. The van der Waals surface area contributed by atoms with E-state index in [0.717, 1.165) is 31.5 Å². The number of hydrogen-bond acceptors (Lipinski definition) is 3. The molecule has 0 bridgehead atoms. The third-order valence-corrected chi connectivity index (χ3v) is 7.25. The first-order valence-corrected chi connectivity index (χ1v) is 9.34. The lowest BCUT2D eigenvalue weighted by atomic mass is 9.67. The zero-order valence-electron chi connectivity index (χ0n) is 11.0. The Kier molecular flexibility index (Phi) is 3.78. The Morgan fingerprint density at radius 3 is 2.60 bits per heavy atom. The van der Waals surface area contributed by atoms with Crippen molar-refractivity contribution < 1.29 is 8.42 Å². The molecule has 6 heteroatoms. The van der Waals surface area contributed by atoms with Gasteiger partial charge in [0.25, 0.3) is 0 Å². The summed E-state index contributed by atoms with van der Waals surface area (Å²) in [4.78, 5) is 0. The predicted octanol–water partition coefficient (Wildman–Crippen LogP) is 2.56. The summed E-state index contributed by atoms with van der Waals surface area (Å²) < 4.78 is 23.5. The molecule has 2 aliphatic heterocycles. The van der Waals surface area contributed by atoms with Crippen molar-refractivity contribution in [3.8, 4) is 0 Å². The van der Waals surface area contributed by atoms with Crippen molar-refractivity contribution in [2.45, 2.75) is 12.8 Å². The lowest BCUT2D eigenvalue weighted by Gasteiger charge is -2.47. The molecule has 20 heavy (non-hydrogen) atoms. The number of hydrogen-bond donors (Lipinski definition) is 1. The molecule has 2 heterocycles. The van der Waals surface area contributed by atoms with Crippen LogP contribution in [0.3, 0.4) is 0 Å². The maximum Gasteiger partial charge on any atom is 0.150 e. The van der Waals surface area contributed by atoms with E-state index in [2.05, 4.69) is 5.32 Å². The molecule has 0 amide bonds. The molecule has 110 valence electrons. The summed E-state index contributed by atoms with van der Waals surface area (Å²) in [6, 6.07) is 5.66. The zero-order valence-corrected chi connectivity index (χ0v) is 13.4. The van der Waals surface area contributed by atoms with Gasteiger partial charge in [-0.15, -0.1) is 0 Å². The molecular formula is C14H17Cl2NO2S. The van der Waals surface area contributed by atoms with Gasteiger partial charge < -0.3 is 5.32 Å². The van der Waals surface area contributed by atoms with Gasteiger partial charge in [0.1, 0.15) is 0 Å². The Morgan fingerprint density at radius 2 is 2.05 bits per heavy atom. The Bertz CT molecular complexity index is 626. The molecule has 1 N–H and O–H groups in total. The molecule has 0 aromatic heterocycles. The highest BCUT2D eigenvalue weighted by Crippen LogP contribution is 2.43. The van der Waals surface area contributed by atoms with Crippen LogP contribution in [0.4, 0.5) is 0 Å². The smallest absolute Gasteiger partial charge is 0.150 e. The molecule has 0 saturated carbocycles. The normalized spacial score (nSPS) is 27.2. The fourth-order valence-electron chi connectivity index (χ4n) is 3.35. The summed E-state index contributed by atoms with van der Waals surface area (Å²) in [5.41, 5.74) is 1.03. The number of halogens is 2. The number of nitrogens with one attached hydrogen (secondary N) is 1. The standard InChI is InChI=1S/C14H17Cl2NO2S/c15-12-3-1-2-10(13(12)16)6-14(8-17-9-14)11-4-5-20(18,19)7-11/h1-3,11,17H,4-9H2. The summed E-state index contributed by atoms with van der Waals surface area (Å²) in [6.45, 7) is 1.71. The van der Waals surface area contributed by atoms with Crippen molar-refractivity contribution >= 4 is 33.0 Å². The molecule has 0 radical (unpaired) electrons. The van der Waals surface area contributed by atoms with Crippen LogP contribution in [-0.2, 0) is 16.3 Å². The highest BCUT2D eigenvalue weighted by atomic mass is 35.5. The van der Waals surface area contributed by atoms with Crippen molar-refractivity contribution in [3.05, 3.63) is 33.8 Å². The summed E-state index contributed by atoms with van der Waals surface area (Å²) >= 11 is 12.3. The van der Waals surface area contributed by atoms with Crippen LogP contribution in [0.25, 0.3) is 0 Å². The minimum absolute atomic E-state index is 0.0118. The van der Waals surface area contributed by atoms with E-state index in [9.17, 15) is 8.42 Å². The van der Waals surface area contributed by atoms with Crippen molar-refractivity contribution in [2.24, 2.45) is 11.3 Å². The fraction of sp³-hybridized carbons (Fsp3) is 0.571. The third-order valence-electron chi connectivity index (χ3n) is 4.63. The quantitative estimate of drug-likeness (QED) is 0.924. The second-order valence-corrected chi connectivity index (χ2v) is 8.97. The van der Waals surface area contributed by atoms with E-state index in [1.165, 1.54) is 0 Å². The molecule has 1 atom stereocenters. The van der Waals surface area contributed by atoms with E-state index in [0.29, 0.717) is 21.6 Å². The van der Waals surface area contributed by atoms with Crippen molar-refractivity contribution in [1.29, 1.82) is 0 Å². The van der Waals surface area contributed by atoms with Gasteiger partial charge in [-0.05, 0) is 30.4 Å². The van der Waals surface area contributed by atoms with E-state index >= 15 is 0 Å². The van der Waals surface area contributed by atoms with E-state index < -0.39 is 9.84 Å². The zero-order chi connectivity index (χ0) is 14.4. The molecule has 2 fully saturated rings. The maximum absolute atomic E-state index is 11.7. The SMILES string of the molecule is O=S1(=O)CCC(C2(Cc3cccc(Cl)c3Cl)CNC2)C1. The molecule has 2 saturated heterocycles. The second kappa shape index (κ2) is 5.16. The number of rotatable bonds is 3. The molecular weight excluding hydrogens is 317 g/mol. The summed E-state index contributed by atoms with van der Waals surface area (Å²) in [5, 5.41) is 4.45. The highest BCUT2D eigenvalue weighted by Gasteiger charge is 2.48. The van der Waals surface area contributed by atoms with Crippen LogP contribution in [0.1, 0.15) is 12.0 Å². The molecule has 3 nitrogen and oxygen atoms in total. The minimum atomic E-state index is -2.85. The van der Waals surface area contributed by atoms with E-state index in [1.807, 2.05) is 12.1 Å². The van der Waals surface area contributed by atoms with Crippen LogP contribution in [-0.4, -0.2) is 33.0 Å². The first-order valence-electron chi connectivity index (χ1n) is 6.76. The lowest BCUT2D eigenvalue weighted by molar-refractivity contribution is 0.0925. The van der Waals surface area contributed by atoms with Gasteiger partial charge in [-0.2, -0.15) is 0 Å². The second-order valence-electron chi connectivity index (χ2n) is 5.96.